The number of anilines is 1. The zero-order valence-corrected chi connectivity index (χ0v) is 13.6. The highest BCUT2D eigenvalue weighted by atomic mass is 15.4. The van der Waals surface area contributed by atoms with E-state index >= 15 is 0 Å². The van der Waals surface area contributed by atoms with E-state index < -0.39 is 0 Å². The monoisotopic (exact) mass is 311 g/mol. The topological polar surface area (TPSA) is 64.1 Å². The average Bonchev–Trinajstić information content (AvgIpc) is 3.24. The maximum Gasteiger partial charge on any atom is 0.244 e. The standard InChI is InChI=1S/C16H21N7/c1-12-6-5-11-23-15(12)17-13(19-23)7-8-14-18-16(20-21(14)2)22-9-3-4-10-22/h5-6,11H,3-4,7-10H2,1-2H3. The summed E-state index contributed by atoms with van der Waals surface area (Å²) in [5.41, 5.74) is 2.07. The molecule has 0 spiro atoms. The van der Waals surface area contributed by atoms with Crippen molar-refractivity contribution >= 4 is 11.6 Å². The molecule has 0 unspecified atom stereocenters. The lowest BCUT2D eigenvalue weighted by Gasteiger charge is -2.10. The van der Waals surface area contributed by atoms with Crippen LogP contribution in [0.5, 0.6) is 0 Å². The van der Waals surface area contributed by atoms with Gasteiger partial charge in [0.05, 0.1) is 0 Å². The Kier molecular flexibility index (Phi) is 3.48. The fraction of sp³-hybridized carbons (Fsp3) is 0.500. The zero-order chi connectivity index (χ0) is 15.8. The van der Waals surface area contributed by atoms with Gasteiger partial charge in [0.1, 0.15) is 5.82 Å². The summed E-state index contributed by atoms with van der Waals surface area (Å²) in [7, 11) is 1.96. The molecule has 4 rings (SSSR count). The van der Waals surface area contributed by atoms with E-state index in [1.165, 1.54) is 12.8 Å². The fourth-order valence-corrected chi connectivity index (χ4v) is 3.08. The van der Waals surface area contributed by atoms with Crippen LogP contribution in [-0.2, 0) is 19.9 Å². The SMILES string of the molecule is Cc1cccn2nc(CCc3nc(N4CCCC4)nn3C)nc12. The van der Waals surface area contributed by atoms with Gasteiger partial charge < -0.3 is 4.90 Å². The Balaban J connectivity index is 1.50. The first-order valence-corrected chi connectivity index (χ1v) is 8.16. The van der Waals surface area contributed by atoms with E-state index in [1.807, 2.05) is 28.5 Å². The molecule has 23 heavy (non-hydrogen) atoms. The maximum absolute atomic E-state index is 4.69. The van der Waals surface area contributed by atoms with Crippen LogP contribution < -0.4 is 4.90 Å². The summed E-state index contributed by atoms with van der Waals surface area (Å²) < 4.78 is 3.73. The number of fused-ring (bicyclic) bond motifs is 1. The lowest BCUT2D eigenvalue weighted by atomic mass is 10.3. The molecule has 3 aromatic rings. The van der Waals surface area contributed by atoms with Crippen LogP contribution in [0.1, 0.15) is 30.1 Å². The van der Waals surface area contributed by atoms with Crippen molar-refractivity contribution in [1.82, 2.24) is 29.4 Å². The number of rotatable bonds is 4. The smallest absolute Gasteiger partial charge is 0.244 e. The molecule has 0 amide bonds. The molecule has 1 saturated heterocycles. The van der Waals surface area contributed by atoms with E-state index in [0.717, 1.165) is 54.7 Å². The molecule has 0 radical (unpaired) electrons. The minimum atomic E-state index is 0.771. The highest BCUT2D eigenvalue weighted by Gasteiger charge is 2.18. The Labute approximate surface area is 135 Å². The molecule has 120 valence electrons. The van der Waals surface area contributed by atoms with Gasteiger partial charge in [-0.05, 0) is 31.4 Å². The minimum Gasteiger partial charge on any atom is -0.340 e. The fourth-order valence-electron chi connectivity index (χ4n) is 3.08. The van der Waals surface area contributed by atoms with Crippen LogP contribution in [-0.4, -0.2) is 42.5 Å². The summed E-state index contributed by atoms with van der Waals surface area (Å²) in [6.07, 6.45) is 5.98. The van der Waals surface area contributed by atoms with Crippen molar-refractivity contribution in [3.8, 4) is 0 Å². The average molecular weight is 311 g/mol. The molecule has 1 aliphatic heterocycles. The molecule has 3 aromatic heterocycles. The van der Waals surface area contributed by atoms with E-state index in [9.17, 15) is 0 Å². The number of nitrogens with zero attached hydrogens (tertiary/aromatic N) is 7. The lowest BCUT2D eigenvalue weighted by molar-refractivity contribution is 0.681. The Morgan fingerprint density at radius 2 is 1.91 bits per heavy atom. The van der Waals surface area contributed by atoms with E-state index in [1.54, 1.807) is 0 Å². The molecule has 0 aliphatic carbocycles. The molecule has 1 aliphatic rings. The van der Waals surface area contributed by atoms with E-state index in [0.29, 0.717) is 0 Å². The Hall–Kier alpha value is -2.44. The summed E-state index contributed by atoms with van der Waals surface area (Å²) in [4.78, 5) is 11.6. The predicted octanol–water partition coefficient (Wildman–Crippen LogP) is 1.55. The summed E-state index contributed by atoms with van der Waals surface area (Å²) in [5, 5.41) is 9.09. The molecule has 0 N–H and O–H groups in total. The number of hydrogen-bond acceptors (Lipinski definition) is 5. The van der Waals surface area contributed by atoms with Gasteiger partial charge in [-0.15, -0.1) is 5.10 Å². The van der Waals surface area contributed by atoms with Gasteiger partial charge in [-0.2, -0.15) is 10.1 Å². The largest absolute Gasteiger partial charge is 0.340 e. The van der Waals surface area contributed by atoms with Crippen molar-refractivity contribution in [2.45, 2.75) is 32.6 Å². The Bertz CT molecular complexity index is 826. The Morgan fingerprint density at radius 3 is 2.70 bits per heavy atom. The number of hydrogen-bond donors (Lipinski definition) is 0. The molecule has 7 heteroatoms. The van der Waals surface area contributed by atoms with Gasteiger partial charge >= 0.3 is 0 Å². The maximum atomic E-state index is 4.69. The van der Waals surface area contributed by atoms with Crippen LogP contribution in [0.3, 0.4) is 0 Å². The van der Waals surface area contributed by atoms with Crippen LogP contribution in [0.15, 0.2) is 18.3 Å². The highest BCUT2D eigenvalue weighted by molar-refractivity contribution is 5.45. The third kappa shape index (κ3) is 2.67. The van der Waals surface area contributed by atoms with Crippen molar-refractivity contribution in [1.29, 1.82) is 0 Å². The van der Waals surface area contributed by atoms with Gasteiger partial charge in [0, 0.05) is 39.2 Å². The lowest BCUT2D eigenvalue weighted by Crippen LogP contribution is -2.19. The van der Waals surface area contributed by atoms with Crippen molar-refractivity contribution in [2.75, 3.05) is 18.0 Å². The molecule has 0 saturated carbocycles. The molecule has 4 heterocycles. The van der Waals surface area contributed by atoms with Crippen molar-refractivity contribution in [2.24, 2.45) is 7.05 Å². The zero-order valence-electron chi connectivity index (χ0n) is 13.6. The van der Waals surface area contributed by atoms with Crippen LogP contribution in [0.2, 0.25) is 0 Å². The van der Waals surface area contributed by atoms with Gasteiger partial charge in [-0.3, -0.25) is 4.68 Å². The van der Waals surface area contributed by atoms with E-state index in [2.05, 4.69) is 33.1 Å². The summed E-state index contributed by atoms with van der Waals surface area (Å²) in [5.74, 6) is 2.70. The van der Waals surface area contributed by atoms with Crippen LogP contribution in [0.25, 0.3) is 5.65 Å². The second-order valence-electron chi connectivity index (χ2n) is 6.13. The normalized spacial score (nSPS) is 15.0. The van der Waals surface area contributed by atoms with Gasteiger partial charge in [-0.1, -0.05) is 6.07 Å². The number of aromatic nitrogens is 6. The third-order valence-corrected chi connectivity index (χ3v) is 4.40. The van der Waals surface area contributed by atoms with Crippen LogP contribution in [0.4, 0.5) is 5.95 Å². The molecule has 7 nitrogen and oxygen atoms in total. The second kappa shape index (κ2) is 5.64. The molecule has 0 bridgehead atoms. The predicted molar refractivity (Wildman–Crippen MR) is 87.6 cm³/mol. The number of pyridine rings is 1. The van der Waals surface area contributed by atoms with Gasteiger partial charge in [-0.25, -0.2) is 9.50 Å². The first kappa shape index (κ1) is 14.2. The second-order valence-corrected chi connectivity index (χ2v) is 6.13. The molecule has 0 atom stereocenters. The summed E-state index contributed by atoms with van der Waals surface area (Å²) in [6.45, 7) is 4.19. The first-order valence-electron chi connectivity index (χ1n) is 8.16. The van der Waals surface area contributed by atoms with Crippen molar-refractivity contribution in [3.63, 3.8) is 0 Å². The quantitative estimate of drug-likeness (QED) is 0.731. The van der Waals surface area contributed by atoms with Crippen LogP contribution in [0, 0.1) is 6.92 Å². The molecular formula is C16H21N7. The van der Waals surface area contributed by atoms with Crippen molar-refractivity contribution in [3.05, 3.63) is 35.5 Å². The molecular weight excluding hydrogens is 290 g/mol. The summed E-state index contributed by atoms with van der Waals surface area (Å²) in [6, 6.07) is 4.05. The van der Waals surface area contributed by atoms with Gasteiger partial charge in [0.2, 0.25) is 5.95 Å². The summed E-state index contributed by atoms with van der Waals surface area (Å²) >= 11 is 0. The Morgan fingerprint density at radius 1 is 1.09 bits per heavy atom. The van der Waals surface area contributed by atoms with Gasteiger partial charge in [0.15, 0.2) is 11.5 Å². The van der Waals surface area contributed by atoms with E-state index in [-0.39, 0.29) is 0 Å². The minimum absolute atomic E-state index is 0.771. The van der Waals surface area contributed by atoms with Gasteiger partial charge in [0.25, 0.3) is 0 Å². The first-order chi connectivity index (χ1) is 11.2. The van der Waals surface area contributed by atoms with E-state index in [4.69, 9.17) is 4.98 Å². The van der Waals surface area contributed by atoms with Crippen molar-refractivity contribution < 1.29 is 0 Å². The molecule has 0 aromatic carbocycles. The number of aryl methyl sites for hydroxylation is 4. The highest BCUT2D eigenvalue weighted by Crippen LogP contribution is 2.16. The third-order valence-electron chi connectivity index (χ3n) is 4.40. The van der Waals surface area contributed by atoms with Crippen LogP contribution >= 0.6 is 0 Å². The molecule has 1 fully saturated rings.